The van der Waals surface area contributed by atoms with Gasteiger partial charge in [-0.2, -0.15) is 5.26 Å². The first-order valence-corrected chi connectivity index (χ1v) is 8.36. The van der Waals surface area contributed by atoms with Gasteiger partial charge in [0.15, 0.2) is 5.41 Å². The van der Waals surface area contributed by atoms with Crippen LogP contribution in [0.25, 0.3) is 0 Å². The fourth-order valence-corrected chi connectivity index (χ4v) is 2.76. The van der Waals surface area contributed by atoms with Gasteiger partial charge >= 0.3 is 5.97 Å². The van der Waals surface area contributed by atoms with Gasteiger partial charge in [0, 0.05) is 0 Å². The first-order valence-electron chi connectivity index (χ1n) is 8.36. The van der Waals surface area contributed by atoms with Crippen LogP contribution in [-0.4, -0.2) is 12.6 Å². The summed E-state index contributed by atoms with van der Waals surface area (Å²) in [6.45, 7) is 2.06. The Bertz CT molecular complexity index is 630. The van der Waals surface area contributed by atoms with Gasteiger partial charge in [0.25, 0.3) is 0 Å². The van der Waals surface area contributed by atoms with Crippen molar-refractivity contribution in [2.75, 3.05) is 6.61 Å². The highest BCUT2D eigenvalue weighted by Gasteiger charge is 2.39. The Balaban J connectivity index is 2.13. The van der Waals surface area contributed by atoms with E-state index in [1.54, 1.807) is 6.92 Å². The molecule has 0 radical (unpaired) electrons. The molecule has 2 aromatic carbocycles. The van der Waals surface area contributed by atoms with Crippen LogP contribution in [0.4, 0.5) is 0 Å². The fraction of sp³-hybridized carbons (Fsp3) is 0.333. The highest BCUT2D eigenvalue weighted by molar-refractivity contribution is 5.80. The lowest BCUT2D eigenvalue weighted by atomic mass is 9.78. The normalized spacial score (nSPS) is 10.8. The van der Waals surface area contributed by atoms with Crippen molar-refractivity contribution in [2.45, 2.75) is 32.6 Å². The predicted octanol–water partition coefficient (Wildman–Crippen LogP) is 4.33. The van der Waals surface area contributed by atoms with Gasteiger partial charge < -0.3 is 4.74 Å². The Morgan fingerprint density at radius 1 is 0.958 bits per heavy atom. The summed E-state index contributed by atoms with van der Waals surface area (Å²) in [6.07, 6.45) is 2.31. The molecule has 0 amide bonds. The van der Waals surface area contributed by atoms with Crippen LogP contribution < -0.4 is 0 Å². The maximum atomic E-state index is 12.5. The molecule has 3 nitrogen and oxygen atoms in total. The number of carbonyl (C=O) groups is 1. The molecule has 0 aromatic heterocycles. The minimum absolute atomic E-state index is 0.291. The number of benzene rings is 2. The second-order valence-electron chi connectivity index (χ2n) is 5.89. The number of ether oxygens (including phenoxy) is 1. The summed E-state index contributed by atoms with van der Waals surface area (Å²) < 4.78 is 5.21. The Morgan fingerprint density at radius 3 is 1.79 bits per heavy atom. The molecule has 3 heteroatoms. The third-order valence-electron chi connectivity index (χ3n) is 4.25. The molecule has 0 aliphatic carbocycles. The first-order chi connectivity index (χ1) is 11.7. The lowest BCUT2D eigenvalue weighted by Gasteiger charge is -2.24. The van der Waals surface area contributed by atoms with Crippen LogP contribution in [-0.2, 0) is 22.4 Å². The van der Waals surface area contributed by atoms with E-state index in [0.29, 0.717) is 32.3 Å². The zero-order valence-corrected chi connectivity index (χ0v) is 14.1. The van der Waals surface area contributed by atoms with E-state index in [1.165, 1.54) is 0 Å². The highest BCUT2D eigenvalue weighted by atomic mass is 16.5. The largest absolute Gasteiger partial charge is 0.465 e. The van der Waals surface area contributed by atoms with E-state index in [-0.39, 0.29) is 0 Å². The maximum absolute atomic E-state index is 12.5. The number of nitriles is 1. The predicted molar refractivity (Wildman–Crippen MR) is 94.2 cm³/mol. The molecule has 0 saturated heterocycles. The quantitative estimate of drug-likeness (QED) is 0.680. The molecule has 2 rings (SSSR count). The van der Waals surface area contributed by atoms with Crippen molar-refractivity contribution in [3.8, 4) is 6.07 Å². The zero-order valence-electron chi connectivity index (χ0n) is 14.1. The number of hydrogen-bond donors (Lipinski definition) is 0. The molecule has 0 spiro atoms. The molecular weight excluding hydrogens is 298 g/mol. The lowest BCUT2D eigenvalue weighted by Crippen LogP contribution is -2.33. The number of nitrogens with zero attached hydrogens (tertiary/aromatic N) is 1. The van der Waals surface area contributed by atoms with Crippen molar-refractivity contribution in [1.29, 1.82) is 5.26 Å². The van der Waals surface area contributed by atoms with E-state index in [2.05, 4.69) is 6.07 Å². The first kappa shape index (κ1) is 17.7. The summed E-state index contributed by atoms with van der Waals surface area (Å²) in [5.74, 6) is -0.403. The number of aryl methyl sites for hydroxylation is 2. The molecule has 0 bridgehead atoms. The Morgan fingerprint density at radius 2 is 1.42 bits per heavy atom. The topological polar surface area (TPSA) is 50.1 Å². The second kappa shape index (κ2) is 8.88. The van der Waals surface area contributed by atoms with E-state index >= 15 is 0 Å². The summed E-state index contributed by atoms with van der Waals surface area (Å²) in [4.78, 5) is 12.5. The average molecular weight is 321 g/mol. The van der Waals surface area contributed by atoms with Crippen molar-refractivity contribution in [1.82, 2.24) is 0 Å². The minimum Gasteiger partial charge on any atom is -0.465 e. The van der Waals surface area contributed by atoms with Gasteiger partial charge in [-0.15, -0.1) is 0 Å². The number of esters is 1. The van der Waals surface area contributed by atoms with E-state index in [0.717, 1.165) is 11.1 Å². The molecule has 0 atom stereocenters. The molecule has 0 fully saturated rings. The monoisotopic (exact) mass is 321 g/mol. The Labute approximate surface area is 143 Å². The van der Waals surface area contributed by atoms with Crippen molar-refractivity contribution in [3.63, 3.8) is 0 Å². The summed E-state index contributed by atoms with van der Waals surface area (Å²) in [5, 5.41) is 9.78. The standard InChI is InChI=1S/C21H23NO2/c1-2-24-20(23)21(17-22,15-13-18-9-5-3-6-10-18)16-14-19-11-7-4-8-12-19/h3-12H,2,13-16H2,1H3. The lowest BCUT2D eigenvalue weighted by molar-refractivity contribution is -0.152. The van der Waals surface area contributed by atoms with Crippen molar-refractivity contribution < 1.29 is 9.53 Å². The number of hydrogen-bond acceptors (Lipinski definition) is 3. The van der Waals surface area contributed by atoms with Crippen LogP contribution in [0.5, 0.6) is 0 Å². The molecule has 24 heavy (non-hydrogen) atoms. The average Bonchev–Trinajstić information content (AvgIpc) is 2.64. The minimum atomic E-state index is -1.10. The molecular formula is C21H23NO2. The summed E-state index contributed by atoms with van der Waals surface area (Å²) >= 11 is 0. The Kier molecular flexibility index (Phi) is 6.57. The third kappa shape index (κ3) is 4.70. The van der Waals surface area contributed by atoms with E-state index in [4.69, 9.17) is 4.74 Å². The SMILES string of the molecule is CCOC(=O)C(C#N)(CCc1ccccc1)CCc1ccccc1. The van der Waals surface area contributed by atoms with Crippen molar-refractivity contribution in [3.05, 3.63) is 71.8 Å². The van der Waals surface area contributed by atoms with Gasteiger partial charge in [0.05, 0.1) is 12.7 Å². The maximum Gasteiger partial charge on any atom is 0.326 e. The van der Waals surface area contributed by atoms with Crippen LogP contribution in [0.1, 0.15) is 30.9 Å². The molecule has 0 saturated carbocycles. The molecule has 0 heterocycles. The third-order valence-corrected chi connectivity index (χ3v) is 4.25. The number of carbonyl (C=O) groups excluding carboxylic acids is 1. The van der Waals surface area contributed by atoms with Gasteiger partial charge in [0.1, 0.15) is 0 Å². The molecule has 2 aromatic rings. The summed E-state index contributed by atoms with van der Waals surface area (Å²) in [6, 6.07) is 22.1. The van der Waals surface area contributed by atoms with Crippen molar-refractivity contribution >= 4 is 5.97 Å². The Hall–Kier alpha value is -2.60. The van der Waals surface area contributed by atoms with E-state index < -0.39 is 11.4 Å². The van der Waals surface area contributed by atoms with Crippen LogP contribution >= 0.6 is 0 Å². The fourth-order valence-electron chi connectivity index (χ4n) is 2.76. The second-order valence-corrected chi connectivity index (χ2v) is 5.89. The van der Waals surface area contributed by atoms with Crippen molar-refractivity contribution in [2.24, 2.45) is 5.41 Å². The van der Waals surface area contributed by atoms with Crippen LogP contribution in [0.15, 0.2) is 60.7 Å². The van der Waals surface area contributed by atoms with Crippen LogP contribution in [0.3, 0.4) is 0 Å². The van der Waals surface area contributed by atoms with Gasteiger partial charge in [-0.1, -0.05) is 60.7 Å². The van der Waals surface area contributed by atoms with E-state index in [1.807, 2.05) is 60.7 Å². The molecule has 0 unspecified atom stereocenters. The highest BCUT2D eigenvalue weighted by Crippen LogP contribution is 2.31. The summed E-state index contributed by atoms with van der Waals surface area (Å²) in [5.41, 5.74) is 1.16. The zero-order chi connectivity index (χ0) is 17.3. The molecule has 0 aliphatic heterocycles. The molecule has 0 aliphatic rings. The van der Waals surface area contributed by atoms with Crippen LogP contribution in [0.2, 0.25) is 0 Å². The molecule has 0 N–H and O–H groups in total. The van der Waals surface area contributed by atoms with Gasteiger partial charge in [-0.05, 0) is 43.7 Å². The van der Waals surface area contributed by atoms with Crippen LogP contribution in [0, 0.1) is 16.7 Å². The smallest absolute Gasteiger partial charge is 0.326 e. The summed E-state index contributed by atoms with van der Waals surface area (Å²) in [7, 11) is 0. The van der Waals surface area contributed by atoms with Gasteiger partial charge in [-0.3, -0.25) is 4.79 Å². The van der Waals surface area contributed by atoms with E-state index in [9.17, 15) is 10.1 Å². The molecule has 124 valence electrons. The van der Waals surface area contributed by atoms with Gasteiger partial charge in [0.2, 0.25) is 0 Å². The van der Waals surface area contributed by atoms with Gasteiger partial charge in [-0.25, -0.2) is 0 Å². The number of rotatable bonds is 8.